The van der Waals surface area contributed by atoms with Crippen molar-refractivity contribution in [2.45, 2.75) is 12.8 Å². The van der Waals surface area contributed by atoms with E-state index in [1.807, 2.05) is 36.4 Å². The second-order valence-corrected chi connectivity index (χ2v) is 3.84. The van der Waals surface area contributed by atoms with Crippen molar-refractivity contribution in [1.29, 1.82) is 0 Å². The smallest absolute Gasteiger partial charge is 0.354 e. The average Bonchev–Trinajstić information content (AvgIpc) is 2.78. The number of aromatic amines is 1. The maximum Gasteiger partial charge on any atom is 0.354 e. The van der Waals surface area contributed by atoms with Gasteiger partial charge in [-0.05, 0) is 25.0 Å². The van der Waals surface area contributed by atoms with Gasteiger partial charge in [-0.3, -0.25) is 0 Å². The van der Waals surface area contributed by atoms with Gasteiger partial charge in [0.05, 0.1) is 6.61 Å². The van der Waals surface area contributed by atoms with Gasteiger partial charge in [0, 0.05) is 10.9 Å². The van der Waals surface area contributed by atoms with Gasteiger partial charge in [-0.15, -0.1) is 6.58 Å². The van der Waals surface area contributed by atoms with Gasteiger partial charge < -0.3 is 9.72 Å². The summed E-state index contributed by atoms with van der Waals surface area (Å²) >= 11 is 0. The fourth-order valence-electron chi connectivity index (χ4n) is 1.65. The molecule has 17 heavy (non-hydrogen) atoms. The lowest BCUT2D eigenvalue weighted by Gasteiger charge is -2.01. The quantitative estimate of drug-likeness (QED) is 0.485. The molecule has 88 valence electrons. The van der Waals surface area contributed by atoms with Crippen molar-refractivity contribution in [3.63, 3.8) is 0 Å². The van der Waals surface area contributed by atoms with Crippen molar-refractivity contribution in [2.24, 2.45) is 0 Å². The van der Waals surface area contributed by atoms with E-state index in [0.717, 1.165) is 23.7 Å². The zero-order valence-corrected chi connectivity index (χ0v) is 9.61. The van der Waals surface area contributed by atoms with Crippen LogP contribution in [0, 0.1) is 0 Å². The number of allylic oxidation sites excluding steroid dienone is 1. The predicted octanol–water partition coefficient (Wildman–Crippen LogP) is 3.29. The van der Waals surface area contributed by atoms with Gasteiger partial charge in [-0.2, -0.15) is 0 Å². The second-order valence-electron chi connectivity index (χ2n) is 3.84. The lowest BCUT2D eigenvalue weighted by molar-refractivity contribution is 0.0495. The Morgan fingerprint density at radius 2 is 2.24 bits per heavy atom. The summed E-state index contributed by atoms with van der Waals surface area (Å²) in [7, 11) is 0. The third-order valence-electron chi connectivity index (χ3n) is 2.54. The van der Waals surface area contributed by atoms with Crippen LogP contribution in [0.1, 0.15) is 23.3 Å². The van der Waals surface area contributed by atoms with Crippen LogP contribution in [0.25, 0.3) is 10.9 Å². The zero-order chi connectivity index (χ0) is 12.1. The van der Waals surface area contributed by atoms with Crippen molar-refractivity contribution >= 4 is 16.9 Å². The van der Waals surface area contributed by atoms with E-state index in [0.29, 0.717) is 12.3 Å². The summed E-state index contributed by atoms with van der Waals surface area (Å²) in [5.41, 5.74) is 1.45. The van der Waals surface area contributed by atoms with Gasteiger partial charge in [-0.25, -0.2) is 4.79 Å². The highest BCUT2D eigenvalue weighted by Crippen LogP contribution is 2.15. The minimum Gasteiger partial charge on any atom is -0.461 e. The van der Waals surface area contributed by atoms with Crippen LogP contribution in [0.2, 0.25) is 0 Å². The first kappa shape index (κ1) is 11.5. The van der Waals surface area contributed by atoms with E-state index in [9.17, 15) is 4.79 Å². The highest BCUT2D eigenvalue weighted by molar-refractivity contribution is 5.94. The molecule has 2 aromatic rings. The SMILES string of the molecule is C=CCCCOC(=O)c1cc2ccccc2[nH]1. The molecule has 3 nitrogen and oxygen atoms in total. The van der Waals surface area contributed by atoms with E-state index in [-0.39, 0.29) is 5.97 Å². The van der Waals surface area contributed by atoms with Crippen molar-refractivity contribution in [2.75, 3.05) is 6.61 Å². The molecule has 0 spiro atoms. The Kier molecular flexibility index (Phi) is 3.60. The summed E-state index contributed by atoms with van der Waals surface area (Å²) in [6.45, 7) is 4.05. The molecule has 0 radical (unpaired) electrons. The molecule has 0 aliphatic carbocycles. The van der Waals surface area contributed by atoms with Gasteiger partial charge in [0.1, 0.15) is 5.69 Å². The maximum absolute atomic E-state index is 11.7. The van der Waals surface area contributed by atoms with Gasteiger partial charge in [0.15, 0.2) is 0 Å². The number of carbonyl (C=O) groups is 1. The zero-order valence-electron chi connectivity index (χ0n) is 9.61. The minimum atomic E-state index is -0.301. The number of benzene rings is 1. The van der Waals surface area contributed by atoms with Crippen LogP contribution in [0.4, 0.5) is 0 Å². The molecule has 1 aromatic carbocycles. The molecule has 0 atom stereocenters. The Morgan fingerprint density at radius 1 is 1.41 bits per heavy atom. The maximum atomic E-state index is 11.7. The molecule has 0 amide bonds. The molecular weight excluding hydrogens is 214 g/mol. The number of carbonyl (C=O) groups excluding carboxylic acids is 1. The summed E-state index contributed by atoms with van der Waals surface area (Å²) in [6.07, 6.45) is 3.49. The largest absolute Gasteiger partial charge is 0.461 e. The minimum absolute atomic E-state index is 0.301. The Hall–Kier alpha value is -2.03. The van der Waals surface area contributed by atoms with E-state index >= 15 is 0 Å². The van der Waals surface area contributed by atoms with Gasteiger partial charge in [0.25, 0.3) is 0 Å². The van der Waals surface area contributed by atoms with Crippen molar-refractivity contribution in [3.05, 3.63) is 48.7 Å². The van der Waals surface area contributed by atoms with Crippen LogP contribution in [-0.4, -0.2) is 17.6 Å². The van der Waals surface area contributed by atoms with Crippen LogP contribution in [0.5, 0.6) is 0 Å². The number of hydrogen-bond donors (Lipinski definition) is 1. The number of esters is 1. The molecule has 0 bridgehead atoms. The number of fused-ring (bicyclic) bond motifs is 1. The highest BCUT2D eigenvalue weighted by atomic mass is 16.5. The lowest BCUT2D eigenvalue weighted by Crippen LogP contribution is -2.06. The van der Waals surface area contributed by atoms with Gasteiger partial charge in [-0.1, -0.05) is 24.3 Å². The van der Waals surface area contributed by atoms with Gasteiger partial charge >= 0.3 is 5.97 Å². The number of rotatable bonds is 5. The number of ether oxygens (including phenoxy) is 1. The number of hydrogen-bond acceptors (Lipinski definition) is 2. The molecule has 1 aromatic heterocycles. The number of para-hydroxylation sites is 1. The molecule has 0 saturated heterocycles. The third kappa shape index (κ3) is 2.75. The third-order valence-corrected chi connectivity index (χ3v) is 2.54. The number of unbranched alkanes of at least 4 members (excludes halogenated alkanes) is 1. The van der Waals surface area contributed by atoms with Crippen LogP contribution >= 0.6 is 0 Å². The van der Waals surface area contributed by atoms with E-state index in [1.54, 1.807) is 0 Å². The fraction of sp³-hybridized carbons (Fsp3) is 0.214. The van der Waals surface area contributed by atoms with E-state index in [4.69, 9.17) is 4.74 Å². The van der Waals surface area contributed by atoms with Crippen LogP contribution in [0.15, 0.2) is 43.0 Å². The van der Waals surface area contributed by atoms with E-state index < -0.39 is 0 Å². The Bertz CT molecular complexity index is 495. The summed E-state index contributed by atoms with van der Waals surface area (Å²) in [6, 6.07) is 9.57. The lowest BCUT2D eigenvalue weighted by atomic mass is 10.2. The molecule has 2 rings (SSSR count). The van der Waals surface area contributed by atoms with Crippen molar-refractivity contribution < 1.29 is 9.53 Å². The van der Waals surface area contributed by atoms with Crippen LogP contribution in [0.3, 0.4) is 0 Å². The summed E-state index contributed by atoms with van der Waals surface area (Å²) in [4.78, 5) is 14.7. The van der Waals surface area contributed by atoms with E-state index in [1.165, 1.54) is 0 Å². The standard InChI is InChI=1S/C14H15NO2/c1-2-3-6-9-17-14(16)13-10-11-7-4-5-8-12(11)15-13/h2,4-5,7-8,10,15H,1,3,6,9H2. The van der Waals surface area contributed by atoms with E-state index in [2.05, 4.69) is 11.6 Å². The monoisotopic (exact) mass is 229 g/mol. The summed E-state index contributed by atoms with van der Waals surface area (Å²) in [5.74, 6) is -0.301. The Morgan fingerprint density at radius 3 is 3.00 bits per heavy atom. The number of nitrogens with one attached hydrogen (secondary N) is 1. The summed E-state index contributed by atoms with van der Waals surface area (Å²) < 4.78 is 5.14. The molecule has 0 saturated carbocycles. The van der Waals surface area contributed by atoms with Crippen LogP contribution < -0.4 is 0 Å². The van der Waals surface area contributed by atoms with Gasteiger partial charge in [0.2, 0.25) is 0 Å². The average molecular weight is 229 g/mol. The first-order chi connectivity index (χ1) is 8.31. The molecule has 1 heterocycles. The molecule has 0 aliphatic rings. The first-order valence-electron chi connectivity index (χ1n) is 5.67. The second kappa shape index (κ2) is 5.34. The predicted molar refractivity (Wildman–Crippen MR) is 68.0 cm³/mol. The first-order valence-corrected chi connectivity index (χ1v) is 5.67. The normalized spacial score (nSPS) is 10.4. The topological polar surface area (TPSA) is 42.1 Å². The highest BCUT2D eigenvalue weighted by Gasteiger charge is 2.09. The molecule has 0 unspecified atom stereocenters. The molecule has 3 heteroatoms. The molecule has 1 N–H and O–H groups in total. The summed E-state index contributed by atoms with van der Waals surface area (Å²) in [5, 5.41) is 1.02. The fourth-order valence-corrected chi connectivity index (χ4v) is 1.65. The Labute approximate surface area is 100 Å². The molecule has 0 fully saturated rings. The number of H-pyrrole nitrogens is 1. The number of aromatic nitrogens is 1. The Balaban J connectivity index is 2.01. The van der Waals surface area contributed by atoms with Crippen molar-refractivity contribution in [1.82, 2.24) is 4.98 Å². The molecular formula is C14H15NO2. The molecule has 0 aliphatic heterocycles. The van der Waals surface area contributed by atoms with Crippen molar-refractivity contribution in [3.8, 4) is 0 Å². The van der Waals surface area contributed by atoms with Crippen LogP contribution in [-0.2, 0) is 4.74 Å².